The number of thiophene rings is 1. The Hall–Kier alpha value is -1.62. The first-order valence-corrected chi connectivity index (χ1v) is 7.77. The maximum atomic E-state index is 12.2. The van der Waals surface area contributed by atoms with Gasteiger partial charge in [-0.3, -0.25) is 4.79 Å². The van der Waals surface area contributed by atoms with Gasteiger partial charge in [-0.05, 0) is 55.7 Å². The zero-order chi connectivity index (χ0) is 14.1. The van der Waals surface area contributed by atoms with E-state index in [1.807, 2.05) is 0 Å². The molecular formula is C15H17NO3S. The molecule has 0 atom stereocenters. The lowest BCUT2D eigenvalue weighted by Gasteiger charge is -2.16. The Bertz CT molecular complexity index is 543. The lowest BCUT2D eigenvalue weighted by atomic mass is 10.1. The third kappa shape index (κ3) is 3.28. The summed E-state index contributed by atoms with van der Waals surface area (Å²) < 4.78 is 0. The van der Waals surface area contributed by atoms with Crippen LogP contribution >= 0.6 is 11.3 Å². The van der Waals surface area contributed by atoms with E-state index < -0.39 is 5.97 Å². The molecule has 0 bridgehead atoms. The Morgan fingerprint density at radius 3 is 2.45 bits per heavy atom. The lowest BCUT2D eigenvalue weighted by molar-refractivity contribution is -0.131. The van der Waals surface area contributed by atoms with Crippen LogP contribution in [0.2, 0.25) is 0 Å². The molecule has 1 heterocycles. The van der Waals surface area contributed by atoms with Gasteiger partial charge in [-0.25, -0.2) is 4.79 Å². The minimum Gasteiger partial charge on any atom is -0.478 e. The predicted octanol–water partition coefficient (Wildman–Crippen LogP) is 2.76. The van der Waals surface area contributed by atoms with Gasteiger partial charge in [-0.15, -0.1) is 11.3 Å². The minimum atomic E-state index is -0.980. The summed E-state index contributed by atoms with van der Waals surface area (Å²) in [6, 6.07) is 3.89. The van der Waals surface area contributed by atoms with E-state index in [9.17, 15) is 9.59 Å². The Morgan fingerprint density at radius 2 is 1.90 bits per heavy atom. The lowest BCUT2D eigenvalue weighted by Crippen LogP contribution is -2.37. The molecule has 1 aromatic rings. The number of rotatable bonds is 6. The number of nitrogens with one attached hydrogen (secondary N) is 1. The number of carboxylic acid groups (broad SMARTS) is 1. The zero-order valence-corrected chi connectivity index (χ0v) is 11.9. The van der Waals surface area contributed by atoms with Crippen LogP contribution in [0.25, 0.3) is 6.08 Å². The van der Waals surface area contributed by atoms with Gasteiger partial charge in [0.1, 0.15) is 0 Å². The van der Waals surface area contributed by atoms with Crippen LogP contribution in [-0.2, 0) is 4.79 Å². The van der Waals surface area contributed by atoms with Gasteiger partial charge in [0.15, 0.2) is 0 Å². The van der Waals surface area contributed by atoms with Crippen LogP contribution in [0, 0.1) is 11.8 Å². The van der Waals surface area contributed by atoms with E-state index in [0.29, 0.717) is 22.8 Å². The largest absolute Gasteiger partial charge is 0.478 e. The number of hydrogen-bond acceptors (Lipinski definition) is 3. The number of aliphatic carboxylic acids is 1. The Morgan fingerprint density at radius 1 is 1.25 bits per heavy atom. The molecule has 0 radical (unpaired) electrons. The van der Waals surface area contributed by atoms with E-state index in [-0.39, 0.29) is 5.91 Å². The van der Waals surface area contributed by atoms with E-state index >= 15 is 0 Å². The van der Waals surface area contributed by atoms with Crippen LogP contribution in [-0.4, -0.2) is 23.0 Å². The summed E-state index contributed by atoms with van der Waals surface area (Å²) in [5, 5.41) is 11.8. The predicted molar refractivity (Wildman–Crippen MR) is 77.7 cm³/mol. The highest BCUT2D eigenvalue weighted by Gasteiger charge is 2.42. The molecule has 1 aromatic heterocycles. The van der Waals surface area contributed by atoms with E-state index in [2.05, 4.69) is 5.32 Å². The fourth-order valence-corrected chi connectivity index (χ4v) is 3.29. The van der Waals surface area contributed by atoms with Crippen LogP contribution < -0.4 is 5.32 Å². The average Bonchev–Trinajstić information content (AvgIpc) is 3.32. The van der Waals surface area contributed by atoms with Gasteiger partial charge in [0.05, 0.1) is 4.88 Å². The molecule has 2 aliphatic rings. The van der Waals surface area contributed by atoms with Gasteiger partial charge in [-0.1, -0.05) is 0 Å². The van der Waals surface area contributed by atoms with Crippen molar-refractivity contribution in [1.82, 2.24) is 5.32 Å². The molecule has 0 saturated heterocycles. The summed E-state index contributed by atoms with van der Waals surface area (Å²) in [5.74, 6) is 0.358. The summed E-state index contributed by atoms with van der Waals surface area (Å²) in [7, 11) is 0. The maximum Gasteiger partial charge on any atom is 0.328 e. The van der Waals surface area contributed by atoms with Crippen molar-refractivity contribution in [1.29, 1.82) is 0 Å². The molecule has 2 fully saturated rings. The number of amides is 1. The number of carbonyl (C=O) groups excluding carboxylic acids is 1. The molecular weight excluding hydrogens is 274 g/mol. The highest BCUT2D eigenvalue weighted by atomic mass is 32.1. The van der Waals surface area contributed by atoms with E-state index in [1.165, 1.54) is 43.1 Å². The molecule has 2 aliphatic carbocycles. The average molecular weight is 291 g/mol. The molecule has 1 amide bonds. The molecule has 20 heavy (non-hydrogen) atoms. The van der Waals surface area contributed by atoms with Crippen molar-refractivity contribution in [3.63, 3.8) is 0 Å². The second-order valence-electron chi connectivity index (χ2n) is 5.55. The van der Waals surface area contributed by atoms with Crippen molar-refractivity contribution in [2.75, 3.05) is 0 Å². The van der Waals surface area contributed by atoms with Crippen molar-refractivity contribution < 1.29 is 14.7 Å². The van der Waals surface area contributed by atoms with Crippen LogP contribution in [0.1, 0.15) is 40.2 Å². The first-order valence-electron chi connectivity index (χ1n) is 6.95. The van der Waals surface area contributed by atoms with Crippen LogP contribution in [0.15, 0.2) is 18.2 Å². The molecule has 0 spiro atoms. The third-order valence-electron chi connectivity index (χ3n) is 3.80. The van der Waals surface area contributed by atoms with Gasteiger partial charge < -0.3 is 10.4 Å². The van der Waals surface area contributed by atoms with Crippen LogP contribution in [0.3, 0.4) is 0 Å². The van der Waals surface area contributed by atoms with Gasteiger partial charge in [0, 0.05) is 17.0 Å². The van der Waals surface area contributed by atoms with Crippen LogP contribution in [0.4, 0.5) is 0 Å². The number of carboxylic acids is 1. The van der Waals surface area contributed by atoms with E-state index in [1.54, 1.807) is 12.1 Å². The summed E-state index contributed by atoms with van der Waals surface area (Å²) in [6.07, 6.45) is 7.54. The normalized spacial score (nSPS) is 18.6. The fraction of sp³-hybridized carbons (Fsp3) is 0.467. The van der Waals surface area contributed by atoms with Crippen molar-refractivity contribution >= 4 is 29.3 Å². The molecule has 0 aromatic carbocycles. The molecule has 3 rings (SSSR count). The Kier molecular flexibility index (Phi) is 3.61. The smallest absolute Gasteiger partial charge is 0.328 e. The fourth-order valence-electron chi connectivity index (χ4n) is 2.47. The topological polar surface area (TPSA) is 66.4 Å². The molecule has 5 heteroatoms. The first kappa shape index (κ1) is 13.4. The van der Waals surface area contributed by atoms with Gasteiger partial charge >= 0.3 is 5.97 Å². The van der Waals surface area contributed by atoms with E-state index in [4.69, 9.17) is 5.11 Å². The molecule has 2 N–H and O–H groups in total. The van der Waals surface area contributed by atoms with Gasteiger partial charge in [0.2, 0.25) is 0 Å². The summed E-state index contributed by atoms with van der Waals surface area (Å²) in [5.41, 5.74) is 0. The van der Waals surface area contributed by atoms with E-state index in [0.717, 1.165) is 11.0 Å². The van der Waals surface area contributed by atoms with Crippen molar-refractivity contribution in [3.8, 4) is 0 Å². The second kappa shape index (κ2) is 5.40. The molecule has 106 valence electrons. The van der Waals surface area contributed by atoms with Crippen molar-refractivity contribution in [2.45, 2.75) is 31.7 Å². The quantitative estimate of drug-likeness (QED) is 0.792. The van der Waals surface area contributed by atoms with Crippen LogP contribution in [0.5, 0.6) is 0 Å². The first-order chi connectivity index (χ1) is 9.63. The third-order valence-corrected chi connectivity index (χ3v) is 4.85. The Balaban J connectivity index is 1.63. The number of carbonyl (C=O) groups is 2. The van der Waals surface area contributed by atoms with Gasteiger partial charge in [-0.2, -0.15) is 0 Å². The maximum absolute atomic E-state index is 12.2. The highest BCUT2D eigenvalue weighted by Crippen LogP contribution is 2.44. The summed E-state index contributed by atoms with van der Waals surface area (Å²) >= 11 is 1.33. The van der Waals surface area contributed by atoms with Gasteiger partial charge in [0.25, 0.3) is 5.91 Å². The molecule has 4 nitrogen and oxygen atoms in total. The second-order valence-corrected chi connectivity index (χ2v) is 6.66. The monoisotopic (exact) mass is 291 g/mol. The molecule has 2 saturated carbocycles. The minimum absolute atomic E-state index is 0.0197. The summed E-state index contributed by atoms with van der Waals surface area (Å²) in [4.78, 5) is 24.1. The zero-order valence-electron chi connectivity index (χ0n) is 11.0. The standard InChI is InChI=1S/C15H17NO3S/c17-13(18)8-6-11-5-7-12(20-11)15(19)16-14(9-1-2-9)10-3-4-10/h5-10,14H,1-4H2,(H,16,19)(H,17,18). The van der Waals surface area contributed by atoms with Crippen molar-refractivity contribution in [2.24, 2.45) is 11.8 Å². The number of hydrogen-bond donors (Lipinski definition) is 2. The SMILES string of the molecule is O=C(O)C=Cc1ccc(C(=O)NC(C2CC2)C2CC2)s1. The molecule has 0 unspecified atom stereocenters. The Labute approximate surface area is 121 Å². The summed E-state index contributed by atoms with van der Waals surface area (Å²) in [6.45, 7) is 0. The molecule has 0 aliphatic heterocycles. The van der Waals surface area contributed by atoms with Crippen molar-refractivity contribution in [3.05, 3.63) is 28.0 Å². The highest BCUT2D eigenvalue weighted by molar-refractivity contribution is 7.14.